The Morgan fingerprint density at radius 2 is 1.66 bits per heavy atom. The lowest BCUT2D eigenvalue weighted by molar-refractivity contribution is -0.137. The number of halogens is 1. The van der Waals surface area contributed by atoms with Crippen molar-refractivity contribution in [3.8, 4) is 0 Å². The monoisotopic (exact) mass is 465 g/mol. The van der Waals surface area contributed by atoms with E-state index in [2.05, 4.69) is 24.1 Å². The van der Waals surface area contributed by atoms with Gasteiger partial charge in [-0.3, -0.25) is 14.5 Å². The van der Waals surface area contributed by atoms with E-state index >= 15 is 0 Å². The number of amides is 2. The van der Waals surface area contributed by atoms with E-state index < -0.39 is 0 Å². The number of carbonyl (C=O) groups is 2. The molecule has 4 rings (SSSR count). The zero-order valence-corrected chi connectivity index (χ0v) is 19.5. The van der Waals surface area contributed by atoms with Gasteiger partial charge >= 0.3 is 0 Å². The number of anilines is 2. The molecular formula is C25H24ClN3O2S. The zero-order chi connectivity index (χ0) is 22.7. The summed E-state index contributed by atoms with van der Waals surface area (Å²) in [7, 11) is 0. The minimum atomic E-state index is -0.355. The highest BCUT2D eigenvalue weighted by Crippen LogP contribution is 2.34. The second-order valence-corrected chi connectivity index (χ2v) is 8.71. The summed E-state index contributed by atoms with van der Waals surface area (Å²) in [5.74, 6) is -0.675. The molecular weight excluding hydrogens is 442 g/mol. The standard InChI is InChI=1S/C25H24ClN3O2S/c1-3-28(4-2)19-13-11-18(12-14-19)27-23-22(21-10-7-15-32-21)24(30)29(25(23)31)16-17-8-5-6-9-20(17)26/h5-15,27H,3-4,16H2,1-2H3. The molecule has 3 aromatic rings. The molecule has 5 nitrogen and oxygen atoms in total. The van der Waals surface area contributed by atoms with Crippen molar-refractivity contribution in [3.63, 3.8) is 0 Å². The fourth-order valence-electron chi connectivity index (χ4n) is 3.77. The molecule has 0 bridgehead atoms. The van der Waals surface area contributed by atoms with E-state index in [1.807, 2.05) is 60.0 Å². The number of benzene rings is 2. The van der Waals surface area contributed by atoms with E-state index in [0.29, 0.717) is 16.3 Å². The van der Waals surface area contributed by atoms with Gasteiger partial charge in [-0.25, -0.2) is 0 Å². The summed E-state index contributed by atoms with van der Waals surface area (Å²) in [6, 6.07) is 18.9. The minimum absolute atomic E-state index is 0.123. The molecule has 1 aromatic heterocycles. The average molecular weight is 466 g/mol. The van der Waals surface area contributed by atoms with Gasteiger partial charge in [-0.1, -0.05) is 35.9 Å². The first-order valence-electron chi connectivity index (χ1n) is 10.5. The quantitative estimate of drug-likeness (QED) is 0.437. The summed E-state index contributed by atoms with van der Waals surface area (Å²) in [6.45, 7) is 6.19. The third-order valence-electron chi connectivity index (χ3n) is 5.49. The van der Waals surface area contributed by atoms with Crippen molar-refractivity contribution in [3.05, 3.63) is 87.2 Å². The topological polar surface area (TPSA) is 52.7 Å². The Hall–Kier alpha value is -3.09. The molecule has 7 heteroatoms. The summed E-state index contributed by atoms with van der Waals surface area (Å²) in [5.41, 5.74) is 3.28. The van der Waals surface area contributed by atoms with Crippen LogP contribution in [0.4, 0.5) is 11.4 Å². The molecule has 0 aliphatic carbocycles. The predicted octanol–water partition coefficient (Wildman–Crippen LogP) is 5.64. The number of hydrogen-bond acceptors (Lipinski definition) is 5. The fourth-order valence-corrected chi connectivity index (χ4v) is 4.73. The molecule has 0 saturated heterocycles. The molecule has 164 valence electrons. The molecule has 2 heterocycles. The number of nitrogens with one attached hydrogen (secondary N) is 1. The van der Waals surface area contributed by atoms with Gasteiger partial charge in [-0.2, -0.15) is 0 Å². The van der Waals surface area contributed by atoms with Gasteiger partial charge < -0.3 is 10.2 Å². The third-order valence-corrected chi connectivity index (χ3v) is 6.74. The fraction of sp³-hybridized carbons (Fsp3) is 0.200. The van der Waals surface area contributed by atoms with Gasteiger partial charge in [0.1, 0.15) is 5.70 Å². The van der Waals surface area contributed by atoms with E-state index in [0.717, 1.165) is 34.9 Å². The van der Waals surface area contributed by atoms with Gasteiger partial charge in [0, 0.05) is 34.4 Å². The van der Waals surface area contributed by atoms with Crippen LogP contribution in [0, 0.1) is 0 Å². The second kappa shape index (κ2) is 9.59. The van der Waals surface area contributed by atoms with E-state index in [-0.39, 0.29) is 18.4 Å². The van der Waals surface area contributed by atoms with Crippen molar-refractivity contribution < 1.29 is 9.59 Å². The lowest BCUT2D eigenvalue weighted by Gasteiger charge is -2.21. The van der Waals surface area contributed by atoms with Crippen LogP contribution in [0.3, 0.4) is 0 Å². The lowest BCUT2D eigenvalue weighted by Crippen LogP contribution is -2.32. The maximum absolute atomic E-state index is 13.3. The lowest BCUT2D eigenvalue weighted by atomic mass is 10.1. The van der Waals surface area contributed by atoms with Crippen molar-refractivity contribution in [2.75, 3.05) is 23.3 Å². The highest BCUT2D eigenvalue weighted by Gasteiger charge is 2.39. The van der Waals surface area contributed by atoms with Crippen molar-refractivity contribution in [2.24, 2.45) is 0 Å². The van der Waals surface area contributed by atoms with Gasteiger partial charge in [0.05, 0.1) is 12.1 Å². The number of rotatable bonds is 8. The normalized spacial score (nSPS) is 13.8. The first-order valence-corrected chi connectivity index (χ1v) is 11.8. The van der Waals surface area contributed by atoms with Crippen LogP contribution < -0.4 is 10.2 Å². The first kappa shape index (κ1) is 22.1. The summed E-state index contributed by atoms with van der Waals surface area (Å²) < 4.78 is 0. The third kappa shape index (κ3) is 4.29. The Labute approximate surface area is 196 Å². The van der Waals surface area contributed by atoms with Crippen LogP contribution in [0.15, 0.2) is 71.7 Å². The molecule has 0 atom stereocenters. The van der Waals surface area contributed by atoms with Crippen LogP contribution in [-0.2, 0) is 16.1 Å². The predicted molar refractivity (Wildman–Crippen MR) is 132 cm³/mol. The number of imide groups is 1. The minimum Gasteiger partial charge on any atom is -0.372 e. The second-order valence-electron chi connectivity index (χ2n) is 7.36. The maximum Gasteiger partial charge on any atom is 0.278 e. The Balaban J connectivity index is 1.65. The number of carbonyl (C=O) groups excluding carboxylic acids is 2. The van der Waals surface area contributed by atoms with Crippen molar-refractivity contribution >= 4 is 51.7 Å². The van der Waals surface area contributed by atoms with Crippen molar-refractivity contribution in [1.82, 2.24) is 4.90 Å². The summed E-state index contributed by atoms with van der Waals surface area (Å²) in [4.78, 5) is 30.9. The van der Waals surface area contributed by atoms with Gasteiger partial charge in [0.2, 0.25) is 0 Å². The van der Waals surface area contributed by atoms with Crippen LogP contribution in [0.5, 0.6) is 0 Å². The molecule has 0 fully saturated rings. The number of hydrogen-bond donors (Lipinski definition) is 1. The Kier molecular flexibility index (Phi) is 6.63. The van der Waals surface area contributed by atoms with Crippen LogP contribution >= 0.6 is 22.9 Å². The van der Waals surface area contributed by atoms with Crippen LogP contribution in [0.1, 0.15) is 24.3 Å². The van der Waals surface area contributed by atoms with Gasteiger partial charge in [0.15, 0.2) is 0 Å². The van der Waals surface area contributed by atoms with Gasteiger partial charge in [-0.05, 0) is 61.2 Å². The molecule has 2 aromatic carbocycles. The van der Waals surface area contributed by atoms with E-state index in [4.69, 9.17) is 11.6 Å². The number of thiophene rings is 1. The Morgan fingerprint density at radius 1 is 0.938 bits per heavy atom. The van der Waals surface area contributed by atoms with Crippen LogP contribution in [0.2, 0.25) is 5.02 Å². The molecule has 2 amide bonds. The molecule has 32 heavy (non-hydrogen) atoms. The zero-order valence-electron chi connectivity index (χ0n) is 18.0. The summed E-state index contributed by atoms with van der Waals surface area (Å²) in [5, 5.41) is 5.64. The molecule has 1 aliphatic rings. The van der Waals surface area contributed by atoms with E-state index in [9.17, 15) is 9.59 Å². The van der Waals surface area contributed by atoms with Crippen molar-refractivity contribution in [2.45, 2.75) is 20.4 Å². The van der Waals surface area contributed by atoms with Crippen molar-refractivity contribution in [1.29, 1.82) is 0 Å². The average Bonchev–Trinajstić information content (AvgIpc) is 3.40. The molecule has 1 aliphatic heterocycles. The SMILES string of the molecule is CCN(CC)c1ccc(NC2=C(c3cccs3)C(=O)N(Cc3ccccc3Cl)C2=O)cc1. The van der Waals surface area contributed by atoms with Gasteiger partial charge in [0.25, 0.3) is 11.8 Å². The largest absolute Gasteiger partial charge is 0.372 e. The molecule has 0 saturated carbocycles. The molecule has 0 radical (unpaired) electrons. The smallest absolute Gasteiger partial charge is 0.278 e. The molecule has 1 N–H and O–H groups in total. The van der Waals surface area contributed by atoms with Gasteiger partial charge in [-0.15, -0.1) is 11.3 Å². The first-order chi connectivity index (χ1) is 15.5. The maximum atomic E-state index is 13.3. The molecule has 0 unspecified atom stereocenters. The highest BCUT2D eigenvalue weighted by atomic mass is 35.5. The van der Waals surface area contributed by atoms with E-state index in [1.54, 1.807) is 6.07 Å². The summed E-state index contributed by atoms with van der Waals surface area (Å²) in [6.07, 6.45) is 0. The molecule has 0 spiro atoms. The van der Waals surface area contributed by atoms with Crippen LogP contribution in [-0.4, -0.2) is 29.8 Å². The van der Waals surface area contributed by atoms with Crippen LogP contribution in [0.25, 0.3) is 5.57 Å². The Bertz CT molecular complexity index is 1150. The Morgan fingerprint density at radius 3 is 2.28 bits per heavy atom. The highest BCUT2D eigenvalue weighted by molar-refractivity contribution is 7.11. The summed E-state index contributed by atoms with van der Waals surface area (Å²) >= 11 is 7.72. The number of nitrogens with zero attached hydrogens (tertiary/aromatic N) is 2. The van der Waals surface area contributed by atoms with E-state index in [1.165, 1.54) is 16.2 Å².